The van der Waals surface area contributed by atoms with Crippen molar-refractivity contribution in [2.75, 3.05) is 0 Å². The van der Waals surface area contributed by atoms with E-state index in [0.29, 0.717) is 5.56 Å². The molecule has 1 aromatic carbocycles. The normalized spacial score (nSPS) is 10.8. The Balaban J connectivity index is 2.35. The van der Waals surface area contributed by atoms with Crippen LogP contribution in [0.2, 0.25) is 0 Å². The van der Waals surface area contributed by atoms with Crippen molar-refractivity contribution in [3.8, 4) is 0 Å². The van der Waals surface area contributed by atoms with Gasteiger partial charge in [-0.25, -0.2) is 4.79 Å². The molecule has 0 aliphatic heterocycles. The third kappa shape index (κ3) is 6.71. The Hall–Kier alpha value is -1.35. The van der Waals surface area contributed by atoms with Crippen LogP contribution in [0.25, 0.3) is 0 Å². The smallest absolute Gasteiger partial charge is 0.292 e. The van der Waals surface area contributed by atoms with Crippen LogP contribution < -0.4 is 0 Å². The molecule has 0 fully saturated rings. The van der Waals surface area contributed by atoms with Crippen molar-refractivity contribution in [3.63, 3.8) is 0 Å². The fourth-order valence-electron chi connectivity index (χ4n) is 1.79. The Labute approximate surface area is 122 Å². The first-order valence-corrected chi connectivity index (χ1v) is 7.43. The molecule has 1 rings (SSSR count). The second-order valence-electron chi connectivity index (χ2n) is 5.35. The van der Waals surface area contributed by atoms with Crippen LogP contribution in [-0.4, -0.2) is 5.97 Å². The Morgan fingerprint density at radius 2 is 1.85 bits per heavy atom. The molecule has 0 amide bonds. The van der Waals surface area contributed by atoms with Crippen molar-refractivity contribution in [1.29, 1.82) is 0 Å². The molecule has 0 saturated carbocycles. The van der Waals surface area contributed by atoms with Crippen molar-refractivity contribution in [2.24, 2.45) is 5.92 Å². The van der Waals surface area contributed by atoms with Gasteiger partial charge in [-0.1, -0.05) is 52.2 Å². The third-order valence-corrected chi connectivity index (χ3v) is 2.96. The quantitative estimate of drug-likeness (QED) is 0.372. The van der Waals surface area contributed by atoms with Gasteiger partial charge in [0.25, 0.3) is 0 Å². The molecule has 20 heavy (non-hydrogen) atoms. The summed E-state index contributed by atoms with van der Waals surface area (Å²) in [7, 11) is 0. The molecule has 0 atom stereocenters. The summed E-state index contributed by atoms with van der Waals surface area (Å²) in [5.74, 6) is -0.243. The number of aryl methyl sites for hydroxylation is 1. The van der Waals surface area contributed by atoms with E-state index >= 15 is 0 Å². The highest BCUT2D eigenvalue weighted by Crippen LogP contribution is 2.11. The first kappa shape index (κ1) is 16.7. The molecule has 111 valence electrons. The molecule has 0 saturated heterocycles. The fraction of sp³-hybridized carbons (Fsp3) is 0.529. The summed E-state index contributed by atoms with van der Waals surface area (Å²) in [6.07, 6.45) is 6.06. The van der Waals surface area contributed by atoms with Crippen molar-refractivity contribution in [2.45, 2.75) is 52.9 Å². The van der Waals surface area contributed by atoms with Gasteiger partial charge >= 0.3 is 5.97 Å². The van der Waals surface area contributed by atoms with Crippen molar-refractivity contribution < 1.29 is 14.6 Å². The average molecular weight is 277 g/mol. The molecule has 0 aromatic heterocycles. The Morgan fingerprint density at radius 3 is 2.45 bits per heavy atom. The van der Waals surface area contributed by atoms with E-state index in [1.54, 1.807) is 12.1 Å². The van der Waals surface area contributed by atoms with Gasteiger partial charge in [-0.15, -0.1) is 0 Å². The zero-order chi connectivity index (χ0) is 14.8. The molecule has 0 aliphatic rings. The lowest BCUT2D eigenvalue weighted by atomic mass is 10.0. The van der Waals surface area contributed by atoms with Crippen LogP contribution >= 0.6 is 0 Å². The summed E-state index contributed by atoms with van der Waals surface area (Å²) in [5, 5.41) is 0. The molecule has 1 radical (unpaired) electrons. The van der Waals surface area contributed by atoms with Crippen molar-refractivity contribution in [3.05, 3.63) is 42.0 Å². The maximum Gasteiger partial charge on any atom is 0.373 e. The number of hydrogen-bond acceptors (Lipinski definition) is 3. The number of carbonyl (C=O) groups excluding carboxylic acids is 1. The lowest BCUT2D eigenvalue weighted by molar-refractivity contribution is -0.217. The summed E-state index contributed by atoms with van der Waals surface area (Å²) in [6, 6.07) is 7.54. The summed E-state index contributed by atoms with van der Waals surface area (Å²) < 4.78 is 0. The predicted octanol–water partition coefficient (Wildman–Crippen LogP) is 4.72. The minimum atomic E-state index is -0.459. The van der Waals surface area contributed by atoms with E-state index < -0.39 is 5.97 Å². The summed E-state index contributed by atoms with van der Waals surface area (Å²) in [6.45, 7) is 7.58. The van der Waals surface area contributed by atoms with Crippen LogP contribution in [-0.2, 0) is 16.2 Å². The second kappa shape index (κ2) is 9.54. The maximum atomic E-state index is 11.7. The first-order chi connectivity index (χ1) is 9.63. The minimum Gasteiger partial charge on any atom is -0.292 e. The van der Waals surface area contributed by atoms with Gasteiger partial charge in [0.05, 0.1) is 5.56 Å². The van der Waals surface area contributed by atoms with Gasteiger partial charge in [0.1, 0.15) is 6.61 Å². The van der Waals surface area contributed by atoms with E-state index in [0.717, 1.165) is 6.42 Å². The molecule has 0 unspecified atom stereocenters. The average Bonchev–Trinajstić information content (AvgIpc) is 2.44. The van der Waals surface area contributed by atoms with E-state index in [4.69, 9.17) is 9.78 Å². The Kier molecular flexibility index (Phi) is 7.97. The van der Waals surface area contributed by atoms with Crippen LogP contribution in [0.4, 0.5) is 0 Å². The Morgan fingerprint density at radius 1 is 1.15 bits per heavy atom. The highest BCUT2D eigenvalue weighted by Gasteiger charge is 2.08. The zero-order valence-corrected chi connectivity index (χ0v) is 12.7. The van der Waals surface area contributed by atoms with Crippen LogP contribution in [0, 0.1) is 12.5 Å². The van der Waals surface area contributed by atoms with Gasteiger partial charge in [-0.2, -0.15) is 4.89 Å². The number of benzene rings is 1. The molecule has 3 heteroatoms. The summed E-state index contributed by atoms with van der Waals surface area (Å²) in [4.78, 5) is 21.1. The summed E-state index contributed by atoms with van der Waals surface area (Å²) in [5.41, 5.74) is 1.77. The van der Waals surface area contributed by atoms with Gasteiger partial charge < -0.3 is 0 Å². The number of rotatable bonds is 9. The van der Waals surface area contributed by atoms with Crippen molar-refractivity contribution >= 4 is 5.97 Å². The van der Waals surface area contributed by atoms with Gasteiger partial charge in [0, 0.05) is 0 Å². The predicted molar refractivity (Wildman–Crippen MR) is 79.9 cm³/mol. The van der Waals surface area contributed by atoms with Crippen LogP contribution in [0.15, 0.2) is 24.3 Å². The van der Waals surface area contributed by atoms with E-state index in [1.807, 2.05) is 26.0 Å². The molecular weight excluding hydrogens is 252 g/mol. The monoisotopic (exact) mass is 277 g/mol. The molecule has 0 N–H and O–H groups in total. The summed E-state index contributed by atoms with van der Waals surface area (Å²) >= 11 is 0. The molecule has 0 bridgehead atoms. The van der Waals surface area contributed by atoms with Crippen LogP contribution in [0.3, 0.4) is 0 Å². The van der Waals surface area contributed by atoms with E-state index in [-0.39, 0.29) is 5.92 Å². The van der Waals surface area contributed by atoms with E-state index in [9.17, 15) is 4.79 Å². The highest BCUT2D eigenvalue weighted by molar-refractivity contribution is 5.88. The topological polar surface area (TPSA) is 35.5 Å². The largest absolute Gasteiger partial charge is 0.373 e. The van der Waals surface area contributed by atoms with Crippen LogP contribution in [0.1, 0.15) is 62.4 Å². The number of unbranched alkanes of at least 4 members (excludes halogenated alkanes) is 3. The standard InChI is InChI=1S/C17H25O3/c1-4-5-6-7-8-15-9-11-16(12-10-15)17(18)20-19-13-14(2)3/h9-14H,4-8H2,1-3H3. The highest BCUT2D eigenvalue weighted by atomic mass is 17.2. The lowest BCUT2D eigenvalue weighted by Gasteiger charge is -2.06. The van der Waals surface area contributed by atoms with Gasteiger partial charge in [0.2, 0.25) is 0 Å². The van der Waals surface area contributed by atoms with E-state index in [2.05, 4.69) is 6.92 Å². The van der Waals surface area contributed by atoms with Gasteiger partial charge in [0.15, 0.2) is 0 Å². The molecule has 3 nitrogen and oxygen atoms in total. The lowest BCUT2D eigenvalue weighted by Crippen LogP contribution is -2.06. The maximum absolute atomic E-state index is 11.7. The third-order valence-electron chi connectivity index (χ3n) is 2.96. The fourth-order valence-corrected chi connectivity index (χ4v) is 1.79. The number of hydrogen-bond donors (Lipinski definition) is 0. The van der Waals surface area contributed by atoms with Crippen LogP contribution in [0.5, 0.6) is 0 Å². The van der Waals surface area contributed by atoms with Crippen molar-refractivity contribution in [1.82, 2.24) is 0 Å². The van der Waals surface area contributed by atoms with E-state index in [1.165, 1.54) is 37.9 Å². The zero-order valence-electron chi connectivity index (χ0n) is 12.7. The number of carbonyl (C=O) groups is 1. The SMILES string of the molecule is CCCCCCc1ccc(C(=O)OO[CH]C(C)C)cc1. The minimum absolute atomic E-state index is 0.216. The molecule has 0 heterocycles. The Bertz CT molecular complexity index is 382. The van der Waals surface area contributed by atoms with Gasteiger partial charge in [-0.3, -0.25) is 4.89 Å². The molecule has 0 aliphatic carbocycles. The second-order valence-corrected chi connectivity index (χ2v) is 5.35. The molecule has 0 spiro atoms. The molecular formula is C17H25O3. The molecule has 1 aromatic rings. The van der Waals surface area contributed by atoms with Gasteiger partial charge in [-0.05, 0) is 36.5 Å². The first-order valence-electron chi connectivity index (χ1n) is 7.43.